The van der Waals surface area contributed by atoms with Gasteiger partial charge in [0.25, 0.3) is 0 Å². The zero-order valence-corrected chi connectivity index (χ0v) is 18.6. The second-order valence-electron chi connectivity index (χ2n) is 8.25. The summed E-state index contributed by atoms with van der Waals surface area (Å²) in [6.45, 7) is 0. The molecule has 0 fully saturated rings. The summed E-state index contributed by atoms with van der Waals surface area (Å²) in [4.78, 5) is 2.30. The van der Waals surface area contributed by atoms with Crippen LogP contribution in [0.25, 0.3) is 33.4 Å². The lowest BCUT2D eigenvalue weighted by Crippen LogP contribution is -2.11. The van der Waals surface area contributed by atoms with Crippen molar-refractivity contribution in [2.75, 3.05) is 4.90 Å². The van der Waals surface area contributed by atoms with Crippen molar-refractivity contribution >= 4 is 28.0 Å². The monoisotopic (exact) mass is 437 g/mol. The van der Waals surface area contributed by atoms with Gasteiger partial charge in [0.05, 0.1) is 5.69 Å². The Morgan fingerprint density at radius 3 is 1.94 bits per heavy atom. The number of fused-ring (bicyclic) bond motifs is 1. The van der Waals surface area contributed by atoms with Crippen molar-refractivity contribution < 1.29 is 4.42 Å². The largest absolute Gasteiger partial charge is 0.456 e. The molecule has 0 N–H and O–H groups in total. The maximum atomic E-state index is 6.28. The second-order valence-corrected chi connectivity index (χ2v) is 8.25. The van der Waals surface area contributed by atoms with Crippen molar-refractivity contribution in [1.82, 2.24) is 0 Å². The van der Waals surface area contributed by atoms with E-state index in [0.29, 0.717) is 0 Å². The second kappa shape index (κ2) is 8.76. The maximum absolute atomic E-state index is 6.28. The van der Waals surface area contributed by atoms with Crippen LogP contribution in [0.3, 0.4) is 0 Å². The molecule has 34 heavy (non-hydrogen) atoms. The summed E-state index contributed by atoms with van der Waals surface area (Å²) in [6.07, 6.45) is 0. The van der Waals surface area contributed by atoms with Gasteiger partial charge in [0.2, 0.25) is 0 Å². The quantitative estimate of drug-likeness (QED) is 0.267. The third kappa shape index (κ3) is 3.76. The molecule has 2 heteroatoms. The van der Waals surface area contributed by atoms with Crippen LogP contribution in [0.15, 0.2) is 144 Å². The molecule has 0 amide bonds. The normalized spacial score (nSPS) is 10.9. The third-order valence-electron chi connectivity index (χ3n) is 6.06. The number of hydrogen-bond donors (Lipinski definition) is 0. The van der Waals surface area contributed by atoms with Crippen molar-refractivity contribution in [2.24, 2.45) is 0 Å². The fourth-order valence-corrected chi connectivity index (χ4v) is 4.45. The fourth-order valence-electron chi connectivity index (χ4n) is 4.45. The van der Waals surface area contributed by atoms with Gasteiger partial charge in [-0.2, -0.15) is 0 Å². The molecule has 0 aliphatic heterocycles. The van der Waals surface area contributed by atoms with Crippen LogP contribution in [0, 0.1) is 0 Å². The Kier molecular flexibility index (Phi) is 5.17. The fraction of sp³-hybridized carbons (Fsp3) is 0. The lowest BCUT2D eigenvalue weighted by Gasteiger charge is -2.27. The third-order valence-corrected chi connectivity index (χ3v) is 6.06. The van der Waals surface area contributed by atoms with Crippen LogP contribution >= 0.6 is 0 Å². The SMILES string of the molecule is c1ccc(-c2cccc(N(c3ccccc3)c3ccccc3-c3cc4ccccc4o3)c2)cc1. The number of nitrogens with zero attached hydrogens (tertiary/aromatic N) is 1. The highest BCUT2D eigenvalue weighted by Gasteiger charge is 2.19. The number of rotatable bonds is 5. The summed E-state index contributed by atoms with van der Waals surface area (Å²) in [7, 11) is 0. The van der Waals surface area contributed by atoms with Crippen LogP contribution in [-0.2, 0) is 0 Å². The number of benzene rings is 5. The van der Waals surface area contributed by atoms with Crippen LogP contribution in [0.5, 0.6) is 0 Å². The lowest BCUT2D eigenvalue weighted by atomic mass is 10.0. The average molecular weight is 438 g/mol. The number of para-hydroxylation sites is 3. The Hall–Kier alpha value is -4.56. The highest BCUT2D eigenvalue weighted by molar-refractivity contribution is 5.91. The minimum absolute atomic E-state index is 0.858. The first kappa shape index (κ1) is 20.1. The van der Waals surface area contributed by atoms with Crippen molar-refractivity contribution in [2.45, 2.75) is 0 Å². The molecule has 5 aromatic carbocycles. The van der Waals surface area contributed by atoms with Crippen LogP contribution in [0.1, 0.15) is 0 Å². The highest BCUT2D eigenvalue weighted by atomic mass is 16.3. The van der Waals surface area contributed by atoms with E-state index in [9.17, 15) is 0 Å². The van der Waals surface area contributed by atoms with E-state index in [1.807, 2.05) is 30.3 Å². The zero-order chi connectivity index (χ0) is 22.7. The summed E-state index contributed by atoms with van der Waals surface area (Å²) in [5, 5.41) is 1.10. The molecule has 6 rings (SSSR count). The molecule has 6 aromatic rings. The van der Waals surface area contributed by atoms with Crippen molar-refractivity contribution in [3.05, 3.63) is 140 Å². The van der Waals surface area contributed by atoms with Gasteiger partial charge in [-0.25, -0.2) is 0 Å². The maximum Gasteiger partial charge on any atom is 0.137 e. The first-order valence-electron chi connectivity index (χ1n) is 11.5. The molecule has 0 spiro atoms. The van der Waals surface area contributed by atoms with Crippen LogP contribution in [-0.4, -0.2) is 0 Å². The van der Waals surface area contributed by atoms with E-state index in [1.54, 1.807) is 0 Å². The summed E-state index contributed by atoms with van der Waals surface area (Å²) in [5.41, 5.74) is 7.57. The molecule has 162 valence electrons. The molecule has 0 aliphatic carbocycles. The molecule has 0 saturated heterocycles. The number of anilines is 3. The molecule has 0 saturated carbocycles. The first-order valence-corrected chi connectivity index (χ1v) is 11.5. The molecule has 0 radical (unpaired) electrons. The zero-order valence-electron chi connectivity index (χ0n) is 18.6. The Labute approximate surface area is 199 Å². The molecular formula is C32H23NO. The minimum atomic E-state index is 0.858. The predicted molar refractivity (Wildman–Crippen MR) is 142 cm³/mol. The molecule has 1 aromatic heterocycles. The van der Waals surface area contributed by atoms with Gasteiger partial charge in [-0.15, -0.1) is 0 Å². The Morgan fingerprint density at radius 1 is 0.471 bits per heavy atom. The molecule has 1 heterocycles. The van der Waals surface area contributed by atoms with E-state index in [1.165, 1.54) is 11.1 Å². The van der Waals surface area contributed by atoms with E-state index in [-0.39, 0.29) is 0 Å². The number of furan rings is 1. The highest BCUT2D eigenvalue weighted by Crippen LogP contribution is 2.42. The van der Waals surface area contributed by atoms with Gasteiger partial charge in [-0.1, -0.05) is 91.0 Å². The molecule has 0 unspecified atom stereocenters. The van der Waals surface area contributed by atoms with Gasteiger partial charge in [0.1, 0.15) is 11.3 Å². The van der Waals surface area contributed by atoms with E-state index in [2.05, 4.69) is 114 Å². The standard InChI is InChI=1S/C32H23NO/c1-3-12-24(13-4-1)25-15-11-18-28(22-25)33(27-16-5-2-6-17-27)30-20-9-8-19-29(30)32-23-26-14-7-10-21-31(26)34-32/h1-23H. The van der Waals surface area contributed by atoms with Gasteiger partial charge < -0.3 is 9.32 Å². The topological polar surface area (TPSA) is 16.4 Å². The van der Waals surface area contributed by atoms with Crippen LogP contribution < -0.4 is 4.90 Å². The summed E-state index contributed by atoms with van der Waals surface area (Å²) in [6, 6.07) is 48.4. The van der Waals surface area contributed by atoms with E-state index < -0.39 is 0 Å². The van der Waals surface area contributed by atoms with Crippen LogP contribution in [0.2, 0.25) is 0 Å². The molecular weight excluding hydrogens is 414 g/mol. The van der Waals surface area contributed by atoms with Gasteiger partial charge in [0, 0.05) is 22.3 Å². The first-order chi connectivity index (χ1) is 16.9. The average Bonchev–Trinajstić information content (AvgIpc) is 3.35. The molecule has 0 atom stereocenters. The van der Waals surface area contributed by atoms with Crippen molar-refractivity contribution in [3.8, 4) is 22.5 Å². The molecule has 2 nitrogen and oxygen atoms in total. The Morgan fingerprint density at radius 2 is 1.12 bits per heavy atom. The Balaban J connectivity index is 1.54. The Bertz CT molecular complexity index is 1520. The van der Waals surface area contributed by atoms with E-state index in [4.69, 9.17) is 4.42 Å². The van der Waals surface area contributed by atoms with Gasteiger partial charge in [-0.3, -0.25) is 0 Å². The van der Waals surface area contributed by atoms with Crippen molar-refractivity contribution in [1.29, 1.82) is 0 Å². The van der Waals surface area contributed by atoms with Gasteiger partial charge >= 0.3 is 0 Å². The minimum Gasteiger partial charge on any atom is -0.456 e. The van der Waals surface area contributed by atoms with Crippen LogP contribution in [0.4, 0.5) is 17.1 Å². The molecule has 0 bridgehead atoms. The van der Waals surface area contributed by atoms with Crippen molar-refractivity contribution in [3.63, 3.8) is 0 Å². The summed E-state index contributed by atoms with van der Waals surface area (Å²) < 4.78 is 6.28. The smallest absolute Gasteiger partial charge is 0.137 e. The lowest BCUT2D eigenvalue weighted by molar-refractivity contribution is 0.631. The van der Waals surface area contributed by atoms with Gasteiger partial charge in [-0.05, 0) is 59.7 Å². The molecule has 0 aliphatic rings. The van der Waals surface area contributed by atoms with E-state index >= 15 is 0 Å². The van der Waals surface area contributed by atoms with Gasteiger partial charge in [0.15, 0.2) is 0 Å². The summed E-state index contributed by atoms with van der Waals surface area (Å²) in [5.74, 6) is 0.858. The number of hydrogen-bond acceptors (Lipinski definition) is 2. The predicted octanol–water partition coefficient (Wildman–Crippen LogP) is 9.24. The van der Waals surface area contributed by atoms with E-state index in [0.717, 1.165) is 39.4 Å². The summed E-state index contributed by atoms with van der Waals surface area (Å²) >= 11 is 0.